The summed E-state index contributed by atoms with van der Waals surface area (Å²) >= 11 is 15.6. The van der Waals surface area contributed by atoms with E-state index in [9.17, 15) is 13.2 Å². The van der Waals surface area contributed by atoms with Crippen molar-refractivity contribution in [1.82, 2.24) is 9.55 Å². The lowest BCUT2D eigenvalue weighted by Gasteiger charge is -2.19. The van der Waals surface area contributed by atoms with Crippen molar-refractivity contribution < 1.29 is 17.9 Å². The molecule has 28 heavy (non-hydrogen) atoms. The SMILES string of the molecule is C=Cc1c(Cl)cc(C)c(OC(F)F)c1Cn1c(CCl)nc2c(F)cc(Br)cc21. The highest BCUT2D eigenvalue weighted by atomic mass is 79.9. The summed E-state index contributed by atoms with van der Waals surface area (Å²) in [6.07, 6.45) is 1.46. The Bertz CT molecular complexity index is 1070. The molecule has 0 fully saturated rings. The minimum absolute atomic E-state index is 0.000251. The van der Waals surface area contributed by atoms with Crippen LogP contribution in [0.2, 0.25) is 5.02 Å². The van der Waals surface area contributed by atoms with Gasteiger partial charge in [-0.3, -0.25) is 0 Å². The van der Waals surface area contributed by atoms with Gasteiger partial charge in [-0.2, -0.15) is 8.78 Å². The van der Waals surface area contributed by atoms with Crippen molar-refractivity contribution in [3.8, 4) is 5.75 Å². The van der Waals surface area contributed by atoms with E-state index in [4.69, 9.17) is 27.9 Å². The molecule has 3 rings (SSSR count). The van der Waals surface area contributed by atoms with Gasteiger partial charge in [0.15, 0.2) is 5.82 Å². The topological polar surface area (TPSA) is 27.1 Å². The standard InChI is InChI=1S/C19H14BrCl2F3N2O/c1-3-11-12(18(28-19(24)25)9(2)4-13(11)22)8-27-15-6-10(20)5-14(23)17(15)26-16(27)7-21/h3-6,19H,1,7-8H2,2H3. The van der Waals surface area contributed by atoms with E-state index in [0.717, 1.165) is 0 Å². The summed E-state index contributed by atoms with van der Waals surface area (Å²) < 4.78 is 47.3. The fourth-order valence-corrected chi connectivity index (χ4v) is 4.08. The lowest BCUT2D eigenvalue weighted by atomic mass is 10.0. The van der Waals surface area contributed by atoms with Gasteiger partial charge in [0.25, 0.3) is 0 Å². The van der Waals surface area contributed by atoms with Crippen LogP contribution in [-0.2, 0) is 12.4 Å². The number of halogens is 6. The fourth-order valence-electron chi connectivity index (χ4n) is 3.10. The minimum Gasteiger partial charge on any atom is -0.434 e. The molecule has 1 aromatic heterocycles. The quantitative estimate of drug-likeness (QED) is 0.348. The highest BCUT2D eigenvalue weighted by Crippen LogP contribution is 2.36. The van der Waals surface area contributed by atoms with Gasteiger partial charge in [0, 0.05) is 20.6 Å². The molecule has 0 aliphatic rings. The molecule has 0 saturated carbocycles. The molecule has 0 amide bonds. The molecule has 0 bridgehead atoms. The van der Waals surface area contributed by atoms with Crippen LogP contribution in [0.15, 0.2) is 29.3 Å². The van der Waals surface area contributed by atoms with Crippen LogP contribution in [0, 0.1) is 12.7 Å². The molecule has 148 valence electrons. The van der Waals surface area contributed by atoms with Crippen LogP contribution in [0.1, 0.15) is 22.5 Å². The maximum atomic E-state index is 14.3. The van der Waals surface area contributed by atoms with Gasteiger partial charge >= 0.3 is 6.61 Å². The highest BCUT2D eigenvalue weighted by molar-refractivity contribution is 9.10. The summed E-state index contributed by atoms with van der Waals surface area (Å²) in [6, 6.07) is 4.51. The first-order valence-electron chi connectivity index (χ1n) is 8.06. The number of aromatic nitrogens is 2. The number of fused-ring (bicyclic) bond motifs is 1. The van der Waals surface area contributed by atoms with Gasteiger partial charge in [-0.15, -0.1) is 11.6 Å². The Morgan fingerprint density at radius 1 is 1.36 bits per heavy atom. The second-order valence-electron chi connectivity index (χ2n) is 5.98. The summed E-state index contributed by atoms with van der Waals surface area (Å²) in [7, 11) is 0. The zero-order valence-electron chi connectivity index (χ0n) is 14.6. The minimum atomic E-state index is -3.02. The molecule has 2 aromatic carbocycles. The van der Waals surface area contributed by atoms with Crippen molar-refractivity contribution in [2.75, 3.05) is 0 Å². The van der Waals surface area contributed by atoms with Crippen LogP contribution < -0.4 is 4.74 Å². The molecule has 0 aliphatic carbocycles. The van der Waals surface area contributed by atoms with Gasteiger partial charge in [-0.25, -0.2) is 9.37 Å². The largest absolute Gasteiger partial charge is 0.434 e. The Labute approximate surface area is 177 Å². The van der Waals surface area contributed by atoms with Crippen LogP contribution in [0.3, 0.4) is 0 Å². The smallest absolute Gasteiger partial charge is 0.387 e. The van der Waals surface area contributed by atoms with Crippen LogP contribution in [0.25, 0.3) is 17.1 Å². The average Bonchev–Trinajstić information content (AvgIpc) is 2.96. The molecule has 0 radical (unpaired) electrons. The molecule has 0 N–H and O–H groups in total. The predicted octanol–water partition coefficient (Wildman–Crippen LogP) is 6.93. The van der Waals surface area contributed by atoms with Crippen molar-refractivity contribution in [1.29, 1.82) is 0 Å². The zero-order chi connectivity index (χ0) is 20.6. The second-order valence-corrected chi connectivity index (χ2v) is 7.57. The lowest BCUT2D eigenvalue weighted by Crippen LogP contribution is -2.12. The molecule has 9 heteroatoms. The van der Waals surface area contributed by atoms with E-state index >= 15 is 0 Å². The normalized spacial score (nSPS) is 11.4. The molecule has 0 saturated heterocycles. The third kappa shape index (κ3) is 3.88. The average molecular weight is 494 g/mol. The molecular formula is C19H14BrCl2F3N2O. The Balaban J connectivity index is 2.28. The second kappa shape index (κ2) is 8.35. The molecule has 0 atom stereocenters. The number of rotatable bonds is 6. The summed E-state index contributed by atoms with van der Waals surface area (Å²) in [5, 5.41) is 0.341. The van der Waals surface area contributed by atoms with Crippen molar-refractivity contribution in [2.45, 2.75) is 26.0 Å². The number of hydrogen-bond acceptors (Lipinski definition) is 2. The fraction of sp³-hybridized carbons (Fsp3) is 0.211. The Morgan fingerprint density at radius 3 is 2.68 bits per heavy atom. The Kier molecular flexibility index (Phi) is 6.27. The first kappa shape index (κ1) is 21.0. The van der Waals surface area contributed by atoms with Crippen LogP contribution >= 0.6 is 39.1 Å². The number of aryl methyl sites for hydroxylation is 1. The third-order valence-electron chi connectivity index (χ3n) is 4.26. The molecule has 3 aromatic rings. The van der Waals surface area contributed by atoms with Crippen LogP contribution in [-0.4, -0.2) is 16.2 Å². The van der Waals surface area contributed by atoms with Gasteiger partial charge < -0.3 is 9.30 Å². The van der Waals surface area contributed by atoms with E-state index in [1.165, 1.54) is 18.2 Å². The Hall–Kier alpha value is -1.70. The first-order chi connectivity index (χ1) is 13.3. The molecular weight excluding hydrogens is 480 g/mol. The number of imidazole rings is 1. The first-order valence-corrected chi connectivity index (χ1v) is 9.76. The van der Waals surface area contributed by atoms with Crippen molar-refractivity contribution in [2.24, 2.45) is 0 Å². The zero-order valence-corrected chi connectivity index (χ0v) is 17.7. The monoisotopic (exact) mass is 492 g/mol. The summed E-state index contributed by atoms with van der Waals surface area (Å²) in [5.74, 6) is -0.152. The van der Waals surface area contributed by atoms with Gasteiger partial charge in [0.2, 0.25) is 0 Å². The van der Waals surface area contributed by atoms with E-state index in [1.807, 2.05) is 0 Å². The van der Waals surface area contributed by atoms with Crippen LogP contribution in [0.5, 0.6) is 5.75 Å². The lowest BCUT2D eigenvalue weighted by molar-refractivity contribution is -0.0509. The molecule has 0 aliphatic heterocycles. The van der Waals surface area contributed by atoms with E-state index in [0.29, 0.717) is 37.5 Å². The van der Waals surface area contributed by atoms with Crippen molar-refractivity contribution in [3.05, 3.63) is 62.6 Å². The van der Waals surface area contributed by atoms with Gasteiger partial charge in [0.05, 0.1) is 17.9 Å². The van der Waals surface area contributed by atoms with E-state index < -0.39 is 12.4 Å². The summed E-state index contributed by atoms with van der Waals surface area (Å²) in [4.78, 5) is 4.25. The number of hydrogen-bond donors (Lipinski definition) is 0. The Morgan fingerprint density at radius 2 is 2.07 bits per heavy atom. The van der Waals surface area contributed by atoms with E-state index in [2.05, 4.69) is 27.5 Å². The predicted molar refractivity (Wildman–Crippen MR) is 109 cm³/mol. The maximum Gasteiger partial charge on any atom is 0.387 e. The van der Waals surface area contributed by atoms with E-state index in [-0.39, 0.29) is 23.7 Å². The van der Waals surface area contributed by atoms with Crippen molar-refractivity contribution in [3.63, 3.8) is 0 Å². The third-order valence-corrected chi connectivity index (χ3v) is 5.27. The van der Waals surface area contributed by atoms with Gasteiger partial charge in [0.1, 0.15) is 17.1 Å². The van der Waals surface area contributed by atoms with Gasteiger partial charge in [-0.1, -0.05) is 40.2 Å². The highest BCUT2D eigenvalue weighted by Gasteiger charge is 2.22. The molecule has 3 nitrogen and oxygen atoms in total. The van der Waals surface area contributed by atoms with Crippen LogP contribution in [0.4, 0.5) is 13.2 Å². The number of ether oxygens (including phenoxy) is 1. The number of benzene rings is 2. The molecule has 0 unspecified atom stereocenters. The number of nitrogens with zero attached hydrogens (tertiary/aromatic N) is 2. The maximum absolute atomic E-state index is 14.3. The molecule has 1 heterocycles. The van der Waals surface area contributed by atoms with Crippen molar-refractivity contribution >= 4 is 56.2 Å². The summed E-state index contributed by atoms with van der Waals surface area (Å²) in [6.45, 7) is 2.36. The number of alkyl halides is 3. The summed E-state index contributed by atoms with van der Waals surface area (Å²) in [5.41, 5.74) is 1.86. The molecule has 0 spiro atoms. The van der Waals surface area contributed by atoms with Gasteiger partial charge in [-0.05, 0) is 30.7 Å². The van der Waals surface area contributed by atoms with E-state index in [1.54, 1.807) is 17.6 Å².